The summed E-state index contributed by atoms with van der Waals surface area (Å²) in [5.41, 5.74) is 1.08. The van der Waals surface area contributed by atoms with Crippen LogP contribution in [-0.4, -0.2) is 58.9 Å². The van der Waals surface area contributed by atoms with E-state index in [1.807, 2.05) is 25.3 Å². The molecule has 3 heterocycles. The summed E-state index contributed by atoms with van der Waals surface area (Å²) >= 11 is 6.01. The molecule has 4 rings (SSSR count). The maximum absolute atomic E-state index is 15.0. The summed E-state index contributed by atoms with van der Waals surface area (Å²) in [5.74, 6) is -0.875. The first-order chi connectivity index (χ1) is 17.1. The van der Waals surface area contributed by atoms with Gasteiger partial charge in [0.15, 0.2) is 5.78 Å². The average Bonchev–Trinajstić information content (AvgIpc) is 3.04. The van der Waals surface area contributed by atoms with Crippen molar-refractivity contribution in [3.05, 3.63) is 40.4 Å². The summed E-state index contributed by atoms with van der Waals surface area (Å²) in [6.45, 7) is 9.97. The van der Waals surface area contributed by atoms with E-state index in [0.29, 0.717) is 41.2 Å². The first kappa shape index (κ1) is 26.8. The van der Waals surface area contributed by atoms with Gasteiger partial charge in [0, 0.05) is 44.2 Å². The molecule has 1 saturated heterocycles. The first-order valence-corrected chi connectivity index (χ1v) is 13.2. The fraction of sp³-hybridized carbons (Fsp3) is 0.593. The molecule has 0 aliphatic carbocycles. The Labute approximate surface area is 217 Å². The number of nitrogens with zero attached hydrogens (tertiary/aromatic N) is 3. The topological polar surface area (TPSA) is 79.3 Å². The Bertz CT molecular complexity index is 1120. The number of Topliss-reactive ketones (excluding diaryl/α,β-unsaturated/α-hetero) is 1. The molecule has 1 aromatic carbocycles. The van der Waals surface area contributed by atoms with Gasteiger partial charge in [-0.25, -0.2) is 9.37 Å². The summed E-state index contributed by atoms with van der Waals surface area (Å²) in [4.78, 5) is 33.6. The molecule has 0 radical (unpaired) electrons. The molecular weight excluding hydrogens is 481 g/mol. The monoisotopic (exact) mass is 517 g/mol. The Balaban J connectivity index is 1.77. The molecular formula is C27H37ClFN5O2. The molecule has 0 bridgehead atoms. The van der Waals surface area contributed by atoms with E-state index >= 15 is 4.39 Å². The molecule has 1 atom stereocenters. The predicted molar refractivity (Wildman–Crippen MR) is 140 cm³/mol. The molecule has 9 heteroatoms. The number of piperidine rings is 1. The van der Waals surface area contributed by atoms with Gasteiger partial charge in [0.2, 0.25) is 5.91 Å². The zero-order valence-electron chi connectivity index (χ0n) is 21.7. The van der Waals surface area contributed by atoms with Crippen LogP contribution in [0.1, 0.15) is 62.6 Å². The predicted octanol–water partition coefficient (Wildman–Crippen LogP) is 4.28. The molecule has 36 heavy (non-hydrogen) atoms. The van der Waals surface area contributed by atoms with E-state index in [1.54, 1.807) is 19.2 Å². The van der Waals surface area contributed by atoms with Crippen LogP contribution in [0.25, 0.3) is 11.4 Å². The number of amides is 1. The summed E-state index contributed by atoms with van der Waals surface area (Å²) in [5, 5.41) is 6.43. The Morgan fingerprint density at radius 3 is 2.61 bits per heavy atom. The van der Waals surface area contributed by atoms with E-state index in [4.69, 9.17) is 16.6 Å². The standard InChI is InChI=1S/C27H37ClFN5O2/c1-27(2,3)20(26(36)30-4)15-23(35)24-22-16-33(18-8-10-31-11-9-18)12-5-13-34(22)25(32-24)19-7-6-17(28)14-21(19)29/h6-7,14,18,20,31H,5,8-13,15-16H2,1-4H3,(H,30,36)/t20-/m1/s1. The molecule has 1 fully saturated rings. The van der Waals surface area contributed by atoms with Crippen molar-refractivity contribution in [1.29, 1.82) is 0 Å². The van der Waals surface area contributed by atoms with Crippen molar-refractivity contribution in [2.24, 2.45) is 11.3 Å². The second-order valence-electron chi connectivity index (χ2n) is 11.0. The lowest BCUT2D eigenvalue weighted by Gasteiger charge is -2.33. The smallest absolute Gasteiger partial charge is 0.223 e. The van der Waals surface area contributed by atoms with Gasteiger partial charge in [-0.2, -0.15) is 0 Å². The molecule has 0 saturated carbocycles. The highest BCUT2D eigenvalue weighted by molar-refractivity contribution is 6.30. The summed E-state index contributed by atoms with van der Waals surface area (Å²) < 4.78 is 17.0. The van der Waals surface area contributed by atoms with Gasteiger partial charge in [0.1, 0.15) is 17.3 Å². The van der Waals surface area contributed by atoms with E-state index in [0.717, 1.165) is 44.6 Å². The number of hydrogen-bond donors (Lipinski definition) is 2. The molecule has 0 spiro atoms. The molecule has 196 valence electrons. The van der Waals surface area contributed by atoms with E-state index < -0.39 is 17.2 Å². The van der Waals surface area contributed by atoms with Crippen molar-refractivity contribution >= 4 is 23.3 Å². The van der Waals surface area contributed by atoms with Crippen molar-refractivity contribution in [1.82, 2.24) is 25.1 Å². The Hall–Kier alpha value is -2.29. The Kier molecular flexibility index (Phi) is 8.17. The number of hydrogen-bond acceptors (Lipinski definition) is 5. The third kappa shape index (κ3) is 5.66. The van der Waals surface area contributed by atoms with Crippen LogP contribution in [0.4, 0.5) is 4.39 Å². The number of halogens is 2. The van der Waals surface area contributed by atoms with Gasteiger partial charge in [-0.15, -0.1) is 0 Å². The van der Waals surface area contributed by atoms with Gasteiger partial charge in [-0.3, -0.25) is 14.5 Å². The van der Waals surface area contributed by atoms with Crippen LogP contribution >= 0.6 is 11.6 Å². The van der Waals surface area contributed by atoms with Crippen molar-refractivity contribution in [2.45, 2.75) is 65.6 Å². The third-order valence-corrected chi connectivity index (χ3v) is 7.75. The van der Waals surface area contributed by atoms with Crippen LogP contribution in [0, 0.1) is 17.2 Å². The number of nitrogens with one attached hydrogen (secondary N) is 2. The fourth-order valence-electron chi connectivity index (χ4n) is 5.42. The highest BCUT2D eigenvalue weighted by atomic mass is 35.5. The number of imidazole rings is 1. The number of benzene rings is 1. The van der Waals surface area contributed by atoms with Crippen molar-refractivity contribution in [3.8, 4) is 11.4 Å². The highest BCUT2D eigenvalue weighted by Crippen LogP contribution is 2.34. The maximum Gasteiger partial charge on any atom is 0.223 e. The van der Waals surface area contributed by atoms with Crippen molar-refractivity contribution in [3.63, 3.8) is 0 Å². The number of carbonyl (C=O) groups is 2. The van der Waals surface area contributed by atoms with E-state index in [9.17, 15) is 9.59 Å². The second kappa shape index (κ2) is 11.0. The average molecular weight is 518 g/mol. The normalized spacial score (nSPS) is 18.4. The number of carbonyl (C=O) groups excluding carboxylic acids is 2. The largest absolute Gasteiger partial charge is 0.359 e. The van der Waals surface area contributed by atoms with E-state index in [1.165, 1.54) is 6.07 Å². The van der Waals surface area contributed by atoms with Crippen LogP contribution in [-0.2, 0) is 17.9 Å². The molecule has 1 amide bonds. The SMILES string of the molecule is CNC(=O)[C@@H](CC(=O)c1nc(-c2ccc(Cl)cc2F)n2c1CN(C1CCNCC1)CCC2)C(C)(C)C. The second-order valence-corrected chi connectivity index (χ2v) is 11.4. The zero-order chi connectivity index (χ0) is 26.0. The lowest BCUT2D eigenvalue weighted by atomic mass is 9.77. The van der Waals surface area contributed by atoms with Crippen LogP contribution < -0.4 is 10.6 Å². The summed E-state index contributed by atoms with van der Waals surface area (Å²) in [6.07, 6.45) is 3.03. The summed E-state index contributed by atoms with van der Waals surface area (Å²) in [6, 6.07) is 4.97. The summed E-state index contributed by atoms with van der Waals surface area (Å²) in [7, 11) is 1.59. The third-order valence-electron chi connectivity index (χ3n) is 7.51. The highest BCUT2D eigenvalue weighted by Gasteiger charge is 2.36. The number of rotatable bonds is 6. The molecule has 2 aliphatic rings. The molecule has 2 aromatic rings. The minimum atomic E-state index is -0.505. The maximum atomic E-state index is 15.0. The van der Waals surface area contributed by atoms with Gasteiger partial charge >= 0.3 is 0 Å². The zero-order valence-corrected chi connectivity index (χ0v) is 22.4. The van der Waals surface area contributed by atoms with Crippen LogP contribution in [0.5, 0.6) is 0 Å². The van der Waals surface area contributed by atoms with Gasteiger partial charge in [-0.1, -0.05) is 32.4 Å². The molecule has 7 nitrogen and oxygen atoms in total. The Morgan fingerprint density at radius 2 is 1.97 bits per heavy atom. The van der Waals surface area contributed by atoms with Gasteiger partial charge in [0.25, 0.3) is 0 Å². The molecule has 0 unspecified atom stereocenters. The van der Waals surface area contributed by atoms with Crippen LogP contribution in [0.3, 0.4) is 0 Å². The lowest BCUT2D eigenvalue weighted by Crippen LogP contribution is -2.43. The minimum Gasteiger partial charge on any atom is -0.359 e. The van der Waals surface area contributed by atoms with Gasteiger partial charge < -0.3 is 15.2 Å². The Morgan fingerprint density at radius 1 is 1.25 bits per heavy atom. The number of aromatic nitrogens is 2. The van der Waals surface area contributed by atoms with E-state index in [-0.39, 0.29) is 18.1 Å². The van der Waals surface area contributed by atoms with Crippen molar-refractivity contribution in [2.75, 3.05) is 26.7 Å². The molecule has 2 N–H and O–H groups in total. The molecule has 2 aliphatic heterocycles. The quantitative estimate of drug-likeness (QED) is 0.559. The van der Waals surface area contributed by atoms with Crippen molar-refractivity contribution < 1.29 is 14.0 Å². The van der Waals surface area contributed by atoms with E-state index in [2.05, 4.69) is 15.5 Å². The first-order valence-electron chi connectivity index (χ1n) is 12.8. The van der Waals surface area contributed by atoms with Gasteiger partial charge in [-0.05, 0) is 56.0 Å². The minimum absolute atomic E-state index is 0.0447. The number of ketones is 1. The van der Waals surface area contributed by atoms with Crippen LogP contribution in [0.2, 0.25) is 5.02 Å². The lowest BCUT2D eigenvalue weighted by molar-refractivity contribution is -0.127. The fourth-order valence-corrected chi connectivity index (χ4v) is 5.58. The van der Waals surface area contributed by atoms with Crippen LogP contribution in [0.15, 0.2) is 18.2 Å². The van der Waals surface area contributed by atoms with Gasteiger partial charge in [0.05, 0.1) is 17.2 Å². The number of fused-ring (bicyclic) bond motifs is 1. The molecule has 1 aromatic heterocycles.